The summed E-state index contributed by atoms with van der Waals surface area (Å²) >= 11 is 5.65. The molecule has 4 aromatic rings. The predicted octanol–water partition coefficient (Wildman–Crippen LogP) is 2.16. The summed E-state index contributed by atoms with van der Waals surface area (Å²) in [6, 6.07) is 7.60. The summed E-state index contributed by atoms with van der Waals surface area (Å²) in [6.45, 7) is 0. The lowest BCUT2D eigenvalue weighted by molar-refractivity contribution is -0.115. The number of halogens is 1. The number of fused-ring (bicyclic) bond motifs is 1. The quantitative estimate of drug-likeness (QED) is 0.467. The maximum Gasteiger partial charge on any atom is 0.331 e. The lowest BCUT2D eigenvalue weighted by atomic mass is 10.2. The van der Waals surface area contributed by atoms with E-state index in [9.17, 15) is 14.4 Å². The Kier molecular flexibility index (Phi) is 5.15. The fourth-order valence-electron chi connectivity index (χ4n) is 2.74. The van der Waals surface area contributed by atoms with Gasteiger partial charge in [-0.05, 0) is 23.7 Å². The minimum Gasteiger partial charge on any atom is -0.300 e. The first-order chi connectivity index (χ1) is 13.8. The van der Waals surface area contributed by atoms with Crippen LogP contribution in [0.4, 0.5) is 5.13 Å². The molecule has 1 N–H and O–H groups in total. The molecule has 1 aromatic carbocycles. The Labute approximate surface area is 179 Å². The maximum atomic E-state index is 12.5. The summed E-state index contributed by atoms with van der Waals surface area (Å²) in [5.41, 5.74) is 0.321. The highest BCUT2D eigenvalue weighted by Gasteiger charge is 2.19. The van der Waals surface area contributed by atoms with Gasteiger partial charge in [0, 0.05) is 24.1 Å². The molecule has 3 heterocycles. The molecular formula is C17H13BrN6O3S2. The Morgan fingerprint density at radius 1 is 1.14 bits per heavy atom. The van der Waals surface area contributed by atoms with E-state index in [1.807, 2.05) is 24.3 Å². The summed E-state index contributed by atoms with van der Waals surface area (Å²) in [7, 11) is 2.97. The fourth-order valence-corrected chi connectivity index (χ4v) is 4.62. The molecule has 0 unspecified atom stereocenters. The van der Waals surface area contributed by atoms with E-state index in [0.29, 0.717) is 20.7 Å². The SMILES string of the molecule is Cn1c(=O)c2c(CC(=O)Nc3nnc(-c4ccc(Br)cc4)s3)nsc2n(C)c1=O. The van der Waals surface area contributed by atoms with Crippen molar-refractivity contribution in [2.75, 3.05) is 5.32 Å². The van der Waals surface area contributed by atoms with E-state index in [1.54, 1.807) is 7.05 Å². The van der Waals surface area contributed by atoms with Crippen molar-refractivity contribution >= 4 is 60.1 Å². The van der Waals surface area contributed by atoms with Crippen LogP contribution in [-0.2, 0) is 25.3 Å². The van der Waals surface area contributed by atoms with E-state index in [2.05, 4.69) is 35.8 Å². The van der Waals surface area contributed by atoms with Gasteiger partial charge < -0.3 is 5.32 Å². The monoisotopic (exact) mass is 492 g/mol. The molecule has 12 heteroatoms. The van der Waals surface area contributed by atoms with Gasteiger partial charge in [-0.1, -0.05) is 39.4 Å². The minimum absolute atomic E-state index is 0.110. The summed E-state index contributed by atoms with van der Waals surface area (Å²) in [4.78, 5) is 37.4. The van der Waals surface area contributed by atoms with Gasteiger partial charge >= 0.3 is 5.69 Å². The Morgan fingerprint density at radius 2 is 1.86 bits per heavy atom. The molecule has 148 valence electrons. The summed E-state index contributed by atoms with van der Waals surface area (Å²) in [5, 5.41) is 12.1. The number of nitrogens with zero attached hydrogens (tertiary/aromatic N) is 5. The molecule has 0 atom stereocenters. The smallest absolute Gasteiger partial charge is 0.300 e. The Morgan fingerprint density at radius 3 is 2.59 bits per heavy atom. The zero-order valence-electron chi connectivity index (χ0n) is 15.2. The average Bonchev–Trinajstić information content (AvgIpc) is 3.32. The van der Waals surface area contributed by atoms with Gasteiger partial charge in [0.05, 0.1) is 17.5 Å². The third-order valence-corrected chi connectivity index (χ3v) is 6.61. The average molecular weight is 493 g/mol. The van der Waals surface area contributed by atoms with E-state index >= 15 is 0 Å². The first-order valence-corrected chi connectivity index (χ1v) is 10.7. The van der Waals surface area contributed by atoms with Gasteiger partial charge in [0.25, 0.3) is 5.56 Å². The fraction of sp³-hybridized carbons (Fsp3) is 0.176. The number of benzene rings is 1. The van der Waals surface area contributed by atoms with Crippen LogP contribution in [0.1, 0.15) is 5.69 Å². The largest absolute Gasteiger partial charge is 0.331 e. The molecule has 29 heavy (non-hydrogen) atoms. The number of carbonyl (C=O) groups is 1. The van der Waals surface area contributed by atoms with Crippen molar-refractivity contribution in [3.8, 4) is 10.6 Å². The van der Waals surface area contributed by atoms with Crippen LogP contribution >= 0.6 is 38.8 Å². The molecular weight excluding hydrogens is 480 g/mol. The molecule has 9 nitrogen and oxygen atoms in total. The maximum absolute atomic E-state index is 12.5. The standard InChI is InChI=1S/C17H13BrN6O3S2/c1-23-14(26)12-10(22-29-15(12)24(2)17(23)27)7-11(25)19-16-21-20-13(28-16)8-3-5-9(18)6-4-8/h3-6H,7H2,1-2H3,(H,19,21,25). The normalized spacial score (nSPS) is 11.1. The van der Waals surface area contributed by atoms with E-state index < -0.39 is 11.2 Å². The molecule has 0 radical (unpaired) electrons. The van der Waals surface area contributed by atoms with Gasteiger partial charge in [-0.25, -0.2) is 4.79 Å². The van der Waals surface area contributed by atoms with Crippen LogP contribution in [0.2, 0.25) is 0 Å². The molecule has 0 aliphatic heterocycles. The highest BCUT2D eigenvalue weighted by Crippen LogP contribution is 2.27. The van der Waals surface area contributed by atoms with Crippen LogP contribution in [0.5, 0.6) is 0 Å². The van der Waals surface area contributed by atoms with Crippen LogP contribution in [0.3, 0.4) is 0 Å². The molecule has 4 rings (SSSR count). The molecule has 0 spiro atoms. The van der Waals surface area contributed by atoms with Gasteiger partial charge in [0.1, 0.15) is 9.84 Å². The van der Waals surface area contributed by atoms with Crippen LogP contribution in [0.15, 0.2) is 38.3 Å². The van der Waals surface area contributed by atoms with Crippen LogP contribution in [-0.4, -0.2) is 29.6 Å². The number of aromatic nitrogens is 5. The Hall–Kier alpha value is -2.70. The highest BCUT2D eigenvalue weighted by molar-refractivity contribution is 9.10. The molecule has 0 saturated carbocycles. The second-order valence-electron chi connectivity index (χ2n) is 6.16. The molecule has 3 aromatic heterocycles. The molecule has 1 amide bonds. The molecule has 0 aliphatic rings. The van der Waals surface area contributed by atoms with Gasteiger partial charge in [0.2, 0.25) is 11.0 Å². The molecule has 0 bridgehead atoms. The topological polar surface area (TPSA) is 112 Å². The van der Waals surface area contributed by atoms with E-state index in [-0.39, 0.29) is 17.7 Å². The number of nitrogens with one attached hydrogen (secondary N) is 1. The lowest BCUT2D eigenvalue weighted by Crippen LogP contribution is -2.36. The molecule has 0 fully saturated rings. The van der Waals surface area contributed by atoms with Crippen molar-refractivity contribution in [3.63, 3.8) is 0 Å². The Balaban J connectivity index is 1.56. The number of hydrogen-bond acceptors (Lipinski definition) is 8. The van der Waals surface area contributed by atoms with E-state index in [1.165, 1.54) is 23.0 Å². The van der Waals surface area contributed by atoms with Crippen LogP contribution in [0.25, 0.3) is 20.8 Å². The van der Waals surface area contributed by atoms with Crippen molar-refractivity contribution in [2.24, 2.45) is 14.1 Å². The number of carbonyl (C=O) groups excluding carboxylic acids is 1. The first kappa shape index (κ1) is 19.6. The first-order valence-electron chi connectivity index (χ1n) is 8.28. The number of rotatable bonds is 4. The van der Waals surface area contributed by atoms with Crippen molar-refractivity contribution in [1.82, 2.24) is 23.7 Å². The van der Waals surface area contributed by atoms with Gasteiger partial charge in [-0.3, -0.25) is 18.7 Å². The van der Waals surface area contributed by atoms with Crippen LogP contribution < -0.4 is 16.6 Å². The van der Waals surface area contributed by atoms with Crippen molar-refractivity contribution < 1.29 is 4.79 Å². The lowest BCUT2D eigenvalue weighted by Gasteiger charge is -2.03. The zero-order chi connectivity index (χ0) is 20.7. The van der Waals surface area contributed by atoms with Gasteiger partial charge in [-0.15, -0.1) is 10.2 Å². The molecule has 0 saturated heterocycles. The van der Waals surface area contributed by atoms with Crippen molar-refractivity contribution in [1.29, 1.82) is 0 Å². The zero-order valence-corrected chi connectivity index (χ0v) is 18.4. The minimum atomic E-state index is -0.465. The molecule has 0 aliphatic carbocycles. The number of anilines is 1. The second kappa shape index (κ2) is 7.61. The van der Waals surface area contributed by atoms with Crippen molar-refractivity contribution in [2.45, 2.75) is 6.42 Å². The van der Waals surface area contributed by atoms with Gasteiger partial charge in [-0.2, -0.15) is 4.37 Å². The Bertz CT molecular complexity index is 1350. The summed E-state index contributed by atoms with van der Waals surface area (Å²) in [5.74, 6) is -0.369. The summed E-state index contributed by atoms with van der Waals surface area (Å²) < 4.78 is 7.53. The van der Waals surface area contributed by atoms with E-state index in [4.69, 9.17) is 0 Å². The predicted molar refractivity (Wildman–Crippen MR) is 115 cm³/mol. The number of aryl methyl sites for hydroxylation is 1. The number of hydrogen-bond donors (Lipinski definition) is 1. The highest BCUT2D eigenvalue weighted by atomic mass is 79.9. The van der Waals surface area contributed by atoms with Crippen LogP contribution in [0, 0.1) is 0 Å². The third-order valence-electron chi connectivity index (χ3n) is 4.23. The van der Waals surface area contributed by atoms with Crippen molar-refractivity contribution in [3.05, 3.63) is 55.3 Å². The number of amides is 1. The second-order valence-corrected chi connectivity index (χ2v) is 8.80. The van der Waals surface area contributed by atoms with E-state index in [0.717, 1.165) is 26.1 Å². The third kappa shape index (κ3) is 3.66. The summed E-state index contributed by atoms with van der Waals surface area (Å²) in [6.07, 6.45) is -0.110. The van der Waals surface area contributed by atoms with Gasteiger partial charge in [0.15, 0.2) is 0 Å².